The minimum Gasteiger partial charge on any atom is -0.299 e. The van der Waals surface area contributed by atoms with E-state index in [2.05, 4.69) is 103 Å². The molecule has 0 aliphatic heterocycles. The molecule has 0 unspecified atom stereocenters. The second-order valence-electron chi connectivity index (χ2n) is 10.1. The van der Waals surface area contributed by atoms with Crippen LogP contribution >= 0.6 is 0 Å². The van der Waals surface area contributed by atoms with Gasteiger partial charge in [0, 0.05) is 18.0 Å². The molecule has 6 rings (SSSR count). The zero-order chi connectivity index (χ0) is 27.8. The minimum atomic E-state index is 0.867. The van der Waals surface area contributed by atoms with Crippen molar-refractivity contribution in [3.05, 3.63) is 133 Å². The predicted octanol–water partition coefficient (Wildman–Crippen LogP) is 9.90. The van der Waals surface area contributed by atoms with Crippen molar-refractivity contribution in [1.29, 1.82) is 0 Å². The van der Waals surface area contributed by atoms with Gasteiger partial charge in [-0.25, -0.2) is 4.98 Å². The summed E-state index contributed by atoms with van der Waals surface area (Å²) in [5, 5.41) is 2.44. The van der Waals surface area contributed by atoms with Crippen LogP contribution in [0.3, 0.4) is 0 Å². The first-order valence-electron chi connectivity index (χ1n) is 13.5. The van der Waals surface area contributed by atoms with E-state index < -0.39 is 0 Å². The monoisotopic (exact) mass is 517 g/mol. The van der Waals surface area contributed by atoms with Gasteiger partial charge in [0.2, 0.25) is 0 Å². The molecule has 6 aromatic rings. The number of rotatable bonds is 6. The molecule has 0 saturated carbocycles. The maximum atomic E-state index is 5.03. The van der Waals surface area contributed by atoms with Crippen molar-refractivity contribution in [1.82, 2.24) is 14.4 Å². The third-order valence-corrected chi connectivity index (χ3v) is 7.55. The van der Waals surface area contributed by atoms with Gasteiger partial charge in [-0.2, -0.15) is 0 Å². The van der Waals surface area contributed by atoms with E-state index in [1.165, 1.54) is 33.0 Å². The largest absolute Gasteiger partial charge is 0.299 e. The molecule has 194 valence electrons. The van der Waals surface area contributed by atoms with Crippen LogP contribution in [0.5, 0.6) is 0 Å². The quantitative estimate of drug-likeness (QED) is 0.220. The van der Waals surface area contributed by atoms with Crippen molar-refractivity contribution < 1.29 is 0 Å². The van der Waals surface area contributed by atoms with E-state index in [0.717, 1.165) is 45.0 Å². The lowest BCUT2D eigenvalue weighted by molar-refractivity contribution is 1.16. The number of nitrogens with zero attached hydrogens (tertiary/aromatic N) is 3. The molecule has 3 nitrogen and oxygen atoms in total. The molecule has 0 bridgehead atoms. The second kappa shape index (κ2) is 10.3. The molecule has 3 heteroatoms. The van der Waals surface area contributed by atoms with Gasteiger partial charge in [0.05, 0.1) is 11.2 Å². The Morgan fingerprint density at radius 2 is 1.60 bits per heavy atom. The van der Waals surface area contributed by atoms with Crippen LogP contribution in [0.1, 0.15) is 36.1 Å². The van der Waals surface area contributed by atoms with E-state index in [1.54, 1.807) is 0 Å². The standard InChI is InChI=1S/C37H31N3/c1-6-12-30-29(7-2)25(5)32-23-28(19-20-31(32)35(30)24(3)4)26-15-17-27(18-16-26)37-39-36(33-13-8-10-21-38-33)34-14-9-11-22-40(34)37/h6-23H,2-3H2,1,4-5H3/b12-6-. The number of aromatic nitrogens is 3. The fourth-order valence-electron chi connectivity index (χ4n) is 5.69. The summed E-state index contributed by atoms with van der Waals surface area (Å²) < 4.78 is 2.14. The SMILES string of the molecule is C=Cc1c(/C=C\C)c(C(=C)C)c2ccc(-c3ccc(-c4nc(-c5ccccn5)c5ccccn45)cc3)cc2c1C. The van der Waals surface area contributed by atoms with E-state index in [1.807, 2.05) is 49.5 Å². The molecule has 0 N–H and O–H groups in total. The molecule has 0 radical (unpaired) electrons. The van der Waals surface area contributed by atoms with E-state index >= 15 is 0 Å². The van der Waals surface area contributed by atoms with Gasteiger partial charge in [-0.1, -0.05) is 79.9 Å². The number of imidazole rings is 1. The third kappa shape index (κ3) is 4.17. The Morgan fingerprint density at radius 3 is 2.30 bits per heavy atom. The van der Waals surface area contributed by atoms with Crippen molar-refractivity contribution in [2.45, 2.75) is 20.8 Å². The molecule has 0 fully saturated rings. The zero-order valence-corrected chi connectivity index (χ0v) is 23.1. The summed E-state index contributed by atoms with van der Waals surface area (Å²) >= 11 is 0. The topological polar surface area (TPSA) is 30.2 Å². The van der Waals surface area contributed by atoms with Crippen molar-refractivity contribution in [2.75, 3.05) is 0 Å². The highest BCUT2D eigenvalue weighted by Crippen LogP contribution is 2.38. The van der Waals surface area contributed by atoms with Crippen molar-refractivity contribution >= 4 is 34.0 Å². The maximum absolute atomic E-state index is 5.03. The Bertz CT molecular complexity index is 1940. The van der Waals surface area contributed by atoms with Crippen LogP contribution in [-0.4, -0.2) is 14.4 Å². The van der Waals surface area contributed by atoms with Gasteiger partial charge in [0.15, 0.2) is 0 Å². The summed E-state index contributed by atoms with van der Waals surface area (Å²) in [6, 6.07) is 27.5. The smallest absolute Gasteiger partial charge is 0.145 e. The first kappa shape index (κ1) is 25.3. The van der Waals surface area contributed by atoms with Crippen LogP contribution in [0.4, 0.5) is 0 Å². The molecule has 0 spiro atoms. The van der Waals surface area contributed by atoms with Crippen LogP contribution < -0.4 is 0 Å². The molecule has 0 amide bonds. The maximum Gasteiger partial charge on any atom is 0.145 e. The summed E-state index contributed by atoms with van der Waals surface area (Å²) in [6.07, 6.45) is 10.1. The molecule has 3 aromatic heterocycles. The van der Waals surface area contributed by atoms with Gasteiger partial charge in [-0.3, -0.25) is 9.38 Å². The third-order valence-electron chi connectivity index (χ3n) is 7.55. The normalized spacial score (nSPS) is 11.5. The number of hydrogen-bond acceptors (Lipinski definition) is 2. The Hall–Kier alpha value is -5.02. The van der Waals surface area contributed by atoms with Crippen LogP contribution in [0.2, 0.25) is 0 Å². The first-order chi connectivity index (χ1) is 19.5. The van der Waals surface area contributed by atoms with Crippen molar-refractivity contribution in [2.24, 2.45) is 0 Å². The highest BCUT2D eigenvalue weighted by atomic mass is 15.0. The highest BCUT2D eigenvalue weighted by Gasteiger charge is 2.17. The Balaban J connectivity index is 1.45. The first-order valence-corrected chi connectivity index (χ1v) is 13.5. The molecule has 0 aliphatic rings. The molecule has 3 heterocycles. The Kier molecular flexibility index (Phi) is 6.49. The van der Waals surface area contributed by atoms with Gasteiger partial charge in [0.1, 0.15) is 11.5 Å². The van der Waals surface area contributed by atoms with Crippen molar-refractivity contribution in [3.8, 4) is 33.9 Å². The van der Waals surface area contributed by atoms with Gasteiger partial charge in [-0.15, -0.1) is 0 Å². The van der Waals surface area contributed by atoms with E-state index in [9.17, 15) is 0 Å². The van der Waals surface area contributed by atoms with E-state index in [0.29, 0.717) is 0 Å². The van der Waals surface area contributed by atoms with Crippen LogP contribution in [0.15, 0.2) is 110 Å². The molecule has 0 atom stereocenters. The van der Waals surface area contributed by atoms with Gasteiger partial charge in [0.25, 0.3) is 0 Å². The zero-order valence-electron chi connectivity index (χ0n) is 23.1. The number of pyridine rings is 2. The number of aryl methyl sites for hydroxylation is 1. The van der Waals surface area contributed by atoms with Crippen molar-refractivity contribution in [3.63, 3.8) is 0 Å². The number of hydrogen-bond donors (Lipinski definition) is 0. The summed E-state index contributed by atoms with van der Waals surface area (Å²) in [7, 11) is 0. The predicted molar refractivity (Wildman–Crippen MR) is 171 cm³/mol. The molecule has 0 aliphatic carbocycles. The summed E-state index contributed by atoms with van der Waals surface area (Å²) in [4.78, 5) is 9.58. The lowest BCUT2D eigenvalue weighted by Gasteiger charge is -2.18. The Labute approximate surface area is 235 Å². The van der Waals surface area contributed by atoms with Gasteiger partial charge >= 0.3 is 0 Å². The summed E-state index contributed by atoms with van der Waals surface area (Å²) in [5.74, 6) is 0.899. The fraction of sp³-hybridized carbons (Fsp3) is 0.0811. The van der Waals surface area contributed by atoms with Gasteiger partial charge in [-0.05, 0) is 101 Å². The highest BCUT2D eigenvalue weighted by molar-refractivity contribution is 6.03. The van der Waals surface area contributed by atoms with E-state index in [4.69, 9.17) is 4.98 Å². The number of allylic oxidation sites excluding steroid dienone is 2. The van der Waals surface area contributed by atoms with Crippen LogP contribution in [0.25, 0.3) is 67.9 Å². The van der Waals surface area contributed by atoms with Crippen LogP contribution in [-0.2, 0) is 0 Å². The molecule has 3 aromatic carbocycles. The average Bonchev–Trinajstić information content (AvgIpc) is 3.38. The Morgan fingerprint density at radius 1 is 0.850 bits per heavy atom. The minimum absolute atomic E-state index is 0.867. The number of fused-ring (bicyclic) bond motifs is 2. The van der Waals surface area contributed by atoms with Crippen LogP contribution in [0, 0.1) is 6.92 Å². The van der Waals surface area contributed by atoms with E-state index in [-0.39, 0.29) is 0 Å². The number of benzene rings is 3. The molecule has 0 saturated heterocycles. The molecule has 40 heavy (non-hydrogen) atoms. The lowest BCUT2D eigenvalue weighted by atomic mass is 9.85. The summed E-state index contributed by atoms with van der Waals surface area (Å²) in [6.45, 7) is 14.7. The second-order valence-corrected chi connectivity index (χ2v) is 10.1. The molecular weight excluding hydrogens is 486 g/mol. The molecular formula is C37H31N3. The summed E-state index contributed by atoms with van der Waals surface area (Å²) in [5.41, 5.74) is 12.0. The fourth-order valence-corrected chi connectivity index (χ4v) is 5.69. The average molecular weight is 518 g/mol. The van der Waals surface area contributed by atoms with Gasteiger partial charge < -0.3 is 0 Å². The lowest BCUT2D eigenvalue weighted by Crippen LogP contribution is -1.97.